The first-order chi connectivity index (χ1) is 11.2. The molecule has 0 aliphatic heterocycles. The van der Waals surface area contributed by atoms with Crippen molar-refractivity contribution in [2.24, 2.45) is 0 Å². The number of benzene rings is 1. The molecule has 0 fully saturated rings. The van der Waals surface area contributed by atoms with Crippen molar-refractivity contribution < 1.29 is 17.9 Å². The van der Waals surface area contributed by atoms with E-state index in [1.165, 1.54) is 11.3 Å². The van der Waals surface area contributed by atoms with Crippen molar-refractivity contribution >= 4 is 54.7 Å². The summed E-state index contributed by atoms with van der Waals surface area (Å²) in [6.07, 6.45) is 1.64. The molecule has 0 unspecified atom stereocenters. The van der Waals surface area contributed by atoms with Crippen molar-refractivity contribution in [1.29, 1.82) is 0 Å². The summed E-state index contributed by atoms with van der Waals surface area (Å²) in [4.78, 5) is 13.7. The maximum Gasteiger partial charge on any atom is 0.210 e. The number of carbonyl (C=O) groups is 1. The lowest BCUT2D eigenvalue weighted by Crippen LogP contribution is -2.24. The summed E-state index contributed by atoms with van der Waals surface area (Å²) < 4.78 is 30.7. The molecule has 0 saturated heterocycles. The Morgan fingerprint density at radius 1 is 1.33 bits per heavy atom. The number of rotatable bonds is 8. The van der Waals surface area contributed by atoms with Crippen molar-refractivity contribution in [3.63, 3.8) is 0 Å². The van der Waals surface area contributed by atoms with Crippen molar-refractivity contribution in [3.05, 3.63) is 49.6 Å². The van der Waals surface area contributed by atoms with E-state index >= 15 is 0 Å². The first kappa shape index (κ1) is 19.4. The van der Waals surface area contributed by atoms with Gasteiger partial charge in [0.05, 0.1) is 16.2 Å². The van der Waals surface area contributed by atoms with Gasteiger partial charge in [0, 0.05) is 15.9 Å². The van der Waals surface area contributed by atoms with Gasteiger partial charge >= 0.3 is 0 Å². The van der Waals surface area contributed by atoms with E-state index in [1.54, 1.807) is 24.3 Å². The van der Waals surface area contributed by atoms with E-state index in [-0.39, 0.29) is 12.4 Å². The summed E-state index contributed by atoms with van der Waals surface area (Å²) in [5, 5.41) is 0.427. The van der Waals surface area contributed by atoms with Gasteiger partial charge in [0.25, 0.3) is 0 Å². The van der Waals surface area contributed by atoms with Gasteiger partial charge in [-0.1, -0.05) is 27.5 Å². The summed E-state index contributed by atoms with van der Waals surface area (Å²) in [6, 6.07) is 8.70. The van der Waals surface area contributed by atoms with Crippen LogP contribution in [-0.2, 0) is 16.4 Å². The topological polar surface area (TPSA) is 72.5 Å². The third kappa shape index (κ3) is 6.18. The van der Waals surface area contributed by atoms with Gasteiger partial charge in [-0.15, -0.1) is 11.3 Å². The lowest BCUT2D eigenvalue weighted by molar-refractivity contribution is 0.0925. The number of hydrogen-bond acceptors (Lipinski definition) is 5. The van der Waals surface area contributed by atoms with E-state index in [0.29, 0.717) is 28.6 Å². The number of halogens is 2. The number of sulfonamides is 1. The average molecular weight is 453 g/mol. The van der Waals surface area contributed by atoms with Crippen LogP contribution in [0, 0.1) is 0 Å². The molecule has 0 saturated carbocycles. The molecule has 0 radical (unpaired) electrons. The highest BCUT2D eigenvalue weighted by atomic mass is 79.9. The molecule has 130 valence electrons. The van der Waals surface area contributed by atoms with Crippen LogP contribution in [0.5, 0.6) is 5.75 Å². The third-order valence-electron chi connectivity index (χ3n) is 2.92. The summed E-state index contributed by atoms with van der Waals surface area (Å²) in [7, 11) is -3.20. The standard InChI is InChI=1S/C15H15BrClNO4S2/c1-24(20,21)18-7-6-11-3-5-15(23-11)13(19)9-22-14-4-2-10(16)8-12(14)17/h2-5,8,18H,6-7,9H2,1H3. The fraction of sp³-hybridized carbons (Fsp3) is 0.267. The molecule has 0 aliphatic carbocycles. The van der Waals surface area contributed by atoms with Gasteiger partial charge < -0.3 is 4.74 Å². The Balaban J connectivity index is 1.89. The minimum Gasteiger partial charge on any atom is -0.484 e. The molecule has 1 aromatic carbocycles. The highest BCUT2D eigenvalue weighted by molar-refractivity contribution is 9.10. The van der Waals surface area contributed by atoms with E-state index in [0.717, 1.165) is 15.6 Å². The van der Waals surface area contributed by atoms with E-state index in [4.69, 9.17) is 16.3 Å². The molecule has 1 heterocycles. The van der Waals surface area contributed by atoms with Gasteiger partial charge in [0.15, 0.2) is 6.61 Å². The maximum absolute atomic E-state index is 12.2. The zero-order valence-electron chi connectivity index (χ0n) is 12.7. The molecular formula is C15H15BrClNO4S2. The fourth-order valence-corrected chi connectivity index (χ4v) is 3.96. The van der Waals surface area contributed by atoms with Crippen LogP contribution in [0.4, 0.5) is 0 Å². The Hall–Kier alpha value is -0.930. The first-order valence-corrected chi connectivity index (χ1v) is 10.8. The Labute approximate surface area is 158 Å². The highest BCUT2D eigenvalue weighted by Gasteiger charge is 2.12. The quantitative estimate of drug-likeness (QED) is 0.622. The SMILES string of the molecule is CS(=O)(=O)NCCc1ccc(C(=O)COc2ccc(Br)cc2Cl)s1. The van der Waals surface area contributed by atoms with Gasteiger partial charge in [0.2, 0.25) is 15.8 Å². The Kier molecular flexibility index (Phi) is 6.82. The van der Waals surface area contributed by atoms with Crippen LogP contribution in [0.25, 0.3) is 0 Å². The number of carbonyl (C=O) groups excluding carboxylic acids is 1. The molecule has 24 heavy (non-hydrogen) atoms. The molecule has 0 bridgehead atoms. The van der Waals surface area contributed by atoms with Crippen LogP contribution in [0.15, 0.2) is 34.8 Å². The lowest BCUT2D eigenvalue weighted by atomic mass is 10.3. The highest BCUT2D eigenvalue weighted by Crippen LogP contribution is 2.28. The monoisotopic (exact) mass is 451 g/mol. The van der Waals surface area contributed by atoms with Gasteiger partial charge in [-0.25, -0.2) is 13.1 Å². The van der Waals surface area contributed by atoms with Crippen LogP contribution >= 0.6 is 38.9 Å². The lowest BCUT2D eigenvalue weighted by Gasteiger charge is -2.06. The third-order valence-corrected chi connectivity index (χ3v) is 5.63. The van der Waals surface area contributed by atoms with Crippen LogP contribution in [0.3, 0.4) is 0 Å². The second-order valence-corrected chi connectivity index (χ2v) is 9.29. The van der Waals surface area contributed by atoms with E-state index in [1.807, 2.05) is 6.07 Å². The van der Waals surface area contributed by atoms with Crippen molar-refractivity contribution in [2.45, 2.75) is 6.42 Å². The molecule has 0 atom stereocenters. The molecule has 2 aromatic rings. The number of ether oxygens (including phenoxy) is 1. The largest absolute Gasteiger partial charge is 0.484 e. The summed E-state index contributed by atoms with van der Waals surface area (Å²) in [5.41, 5.74) is 0. The molecule has 0 amide bonds. The Morgan fingerprint density at radius 3 is 2.75 bits per heavy atom. The minimum absolute atomic E-state index is 0.108. The molecule has 2 rings (SSSR count). The molecule has 1 N–H and O–H groups in total. The van der Waals surface area contributed by atoms with Gasteiger partial charge in [-0.2, -0.15) is 0 Å². The number of Topliss-reactive ketones (excluding diaryl/α,β-unsaturated/α-hetero) is 1. The fourth-order valence-electron chi connectivity index (χ4n) is 1.83. The number of thiophene rings is 1. The van der Waals surface area contributed by atoms with Crippen LogP contribution in [0.2, 0.25) is 5.02 Å². The summed E-state index contributed by atoms with van der Waals surface area (Å²) >= 11 is 10.7. The molecular weight excluding hydrogens is 438 g/mol. The smallest absolute Gasteiger partial charge is 0.210 e. The predicted octanol–water partition coefficient (Wildman–Crippen LogP) is 3.52. The average Bonchev–Trinajstić information content (AvgIpc) is 2.93. The van der Waals surface area contributed by atoms with Crippen molar-refractivity contribution in [1.82, 2.24) is 4.72 Å². The van der Waals surface area contributed by atoms with E-state index in [2.05, 4.69) is 20.7 Å². The van der Waals surface area contributed by atoms with Crippen LogP contribution < -0.4 is 9.46 Å². The zero-order valence-corrected chi connectivity index (χ0v) is 16.7. The van der Waals surface area contributed by atoms with Gasteiger partial charge in [0.1, 0.15) is 5.75 Å². The van der Waals surface area contributed by atoms with Crippen molar-refractivity contribution in [2.75, 3.05) is 19.4 Å². The minimum atomic E-state index is -3.20. The maximum atomic E-state index is 12.2. The van der Waals surface area contributed by atoms with Crippen molar-refractivity contribution in [3.8, 4) is 5.75 Å². The second-order valence-electron chi connectivity index (χ2n) is 4.97. The Bertz CT molecular complexity index is 836. The number of hydrogen-bond donors (Lipinski definition) is 1. The molecule has 5 nitrogen and oxygen atoms in total. The molecule has 0 spiro atoms. The summed E-state index contributed by atoms with van der Waals surface area (Å²) in [5.74, 6) is 0.295. The predicted molar refractivity (Wildman–Crippen MR) is 99.8 cm³/mol. The molecule has 0 aliphatic rings. The van der Waals surface area contributed by atoms with Gasteiger partial charge in [-0.3, -0.25) is 4.79 Å². The number of nitrogens with one attached hydrogen (secondary N) is 1. The van der Waals surface area contributed by atoms with Gasteiger partial charge in [-0.05, 0) is 36.8 Å². The van der Waals surface area contributed by atoms with E-state index in [9.17, 15) is 13.2 Å². The second kappa shape index (κ2) is 8.44. The normalized spacial score (nSPS) is 11.5. The van der Waals surface area contributed by atoms with E-state index < -0.39 is 10.0 Å². The molecule has 9 heteroatoms. The first-order valence-electron chi connectivity index (χ1n) is 6.89. The zero-order chi connectivity index (χ0) is 17.7. The van der Waals surface area contributed by atoms with Crippen LogP contribution in [0.1, 0.15) is 14.5 Å². The Morgan fingerprint density at radius 2 is 2.08 bits per heavy atom. The summed E-state index contributed by atoms with van der Waals surface area (Å²) in [6.45, 7) is 0.195. The number of ketones is 1. The molecule has 1 aromatic heterocycles. The van der Waals surface area contributed by atoms with Crippen LogP contribution in [-0.4, -0.2) is 33.6 Å².